The van der Waals surface area contributed by atoms with E-state index < -0.39 is 6.10 Å². The van der Waals surface area contributed by atoms with Crippen molar-refractivity contribution in [2.45, 2.75) is 154 Å². The molecule has 0 heterocycles. The van der Waals surface area contributed by atoms with Crippen molar-refractivity contribution in [2.75, 3.05) is 20.3 Å². The highest BCUT2D eigenvalue weighted by atomic mass is 16.5. The molecular weight excluding hydrogens is 556 g/mol. The Morgan fingerprint density at radius 3 is 1.57 bits per heavy atom. The van der Waals surface area contributed by atoms with Gasteiger partial charge in [0.05, 0.1) is 13.7 Å². The topological polar surface area (TPSA) is 113 Å². The van der Waals surface area contributed by atoms with Gasteiger partial charge in [0.2, 0.25) is 0 Å². The molecule has 1 rings (SSSR count). The van der Waals surface area contributed by atoms with Crippen molar-refractivity contribution in [2.24, 2.45) is 0 Å². The van der Waals surface area contributed by atoms with Crippen molar-refractivity contribution in [3.63, 3.8) is 0 Å². The summed E-state index contributed by atoms with van der Waals surface area (Å²) in [6, 6.07) is 5.06. The Morgan fingerprint density at radius 1 is 0.705 bits per heavy atom. The van der Waals surface area contributed by atoms with Crippen molar-refractivity contribution in [1.29, 1.82) is 0 Å². The van der Waals surface area contributed by atoms with E-state index in [1.165, 1.54) is 110 Å². The molecule has 0 bridgehead atoms. The lowest BCUT2D eigenvalue weighted by Crippen LogP contribution is -2.21. The Balaban J connectivity index is 1.77. The van der Waals surface area contributed by atoms with Crippen LogP contribution in [0.25, 0.3) is 6.08 Å². The van der Waals surface area contributed by atoms with Gasteiger partial charge in [0.15, 0.2) is 17.3 Å². The summed E-state index contributed by atoms with van der Waals surface area (Å²) in [5.41, 5.74) is 0.843. The van der Waals surface area contributed by atoms with Crippen LogP contribution in [-0.4, -0.2) is 53.5 Å². The molecule has 0 aliphatic rings. The van der Waals surface area contributed by atoms with Gasteiger partial charge in [-0.2, -0.15) is 0 Å². The number of carbonyl (C=O) groups excluding carboxylic acids is 2. The van der Waals surface area contributed by atoms with Crippen molar-refractivity contribution < 1.29 is 34.4 Å². The predicted octanol–water partition coefficient (Wildman–Crippen LogP) is 8.85. The summed E-state index contributed by atoms with van der Waals surface area (Å²) in [5, 5.41) is 27.5. The van der Waals surface area contributed by atoms with Gasteiger partial charge in [-0.05, 0) is 36.6 Å². The summed E-state index contributed by atoms with van der Waals surface area (Å²) in [4.78, 5) is 23.6. The van der Waals surface area contributed by atoms with Gasteiger partial charge in [-0.1, -0.05) is 134 Å². The molecule has 0 radical (unpaired) electrons. The van der Waals surface area contributed by atoms with Crippen molar-refractivity contribution in [1.82, 2.24) is 0 Å². The minimum atomic E-state index is -0.972. The lowest BCUT2D eigenvalue weighted by atomic mass is 10.0. The molecule has 252 valence electrons. The fraction of sp³-hybridized carbons (Fsp3) is 0.730. The number of rotatable bonds is 30. The molecule has 1 aromatic rings. The Kier molecular flexibility index (Phi) is 25.3. The van der Waals surface area contributed by atoms with Crippen molar-refractivity contribution in [3.05, 3.63) is 29.8 Å². The maximum Gasteiger partial charge on any atom is 0.305 e. The minimum absolute atomic E-state index is 0.0989. The molecule has 3 N–H and O–H groups in total. The Labute approximate surface area is 267 Å². The summed E-state index contributed by atoms with van der Waals surface area (Å²) >= 11 is 0. The highest BCUT2D eigenvalue weighted by molar-refractivity contribution is 5.93. The molecule has 44 heavy (non-hydrogen) atoms. The van der Waals surface area contributed by atoms with Crippen LogP contribution in [0.3, 0.4) is 0 Å². The van der Waals surface area contributed by atoms with E-state index in [4.69, 9.17) is 19.7 Å². The maximum absolute atomic E-state index is 12.1. The smallest absolute Gasteiger partial charge is 0.305 e. The van der Waals surface area contributed by atoms with Gasteiger partial charge in [0.1, 0.15) is 12.7 Å². The molecule has 0 saturated heterocycles. The van der Waals surface area contributed by atoms with Crippen molar-refractivity contribution in [3.8, 4) is 11.5 Å². The summed E-state index contributed by atoms with van der Waals surface area (Å²) in [7, 11) is 1.51. The molecule has 0 saturated carbocycles. The average molecular weight is 619 g/mol. The zero-order valence-corrected chi connectivity index (χ0v) is 27.6. The number of aliphatic hydroxyl groups excluding tert-OH is 2. The number of benzene rings is 1. The van der Waals surface area contributed by atoms with Crippen LogP contribution in [0.2, 0.25) is 0 Å². The molecule has 0 aliphatic carbocycles. The third kappa shape index (κ3) is 23.1. The van der Waals surface area contributed by atoms with Crippen LogP contribution >= 0.6 is 0 Å². The largest absolute Gasteiger partial charge is 0.504 e. The number of hydrogen-bond donors (Lipinski definition) is 3. The van der Waals surface area contributed by atoms with Gasteiger partial charge in [-0.3, -0.25) is 9.59 Å². The van der Waals surface area contributed by atoms with Gasteiger partial charge in [-0.25, -0.2) is 0 Å². The fourth-order valence-corrected chi connectivity index (χ4v) is 5.31. The number of hydrogen-bond acceptors (Lipinski definition) is 7. The maximum atomic E-state index is 12.1. The standard InChI is InChI=1S/C37H62O7/c1-43-36-29-32(26-28-35(36)41)25-27-33(39)23-21-19-17-15-13-11-9-7-5-3-2-4-6-8-10-12-14-16-18-20-22-24-37(42)44-31-34(40)30-38/h25-29,34,38,40-41H,2-24,30-31H2,1H3/b27-25+. The molecule has 1 aromatic carbocycles. The number of methoxy groups -OCH3 is 1. The number of allylic oxidation sites excluding steroid dienone is 1. The molecule has 0 amide bonds. The Hall–Kier alpha value is -2.38. The van der Waals surface area contributed by atoms with Crippen LogP contribution in [0.15, 0.2) is 24.3 Å². The highest BCUT2D eigenvalue weighted by Crippen LogP contribution is 2.26. The second-order valence-corrected chi connectivity index (χ2v) is 12.2. The first-order valence-electron chi connectivity index (χ1n) is 17.5. The SMILES string of the molecule is COc1cc(/C=C/C(=O)CCCCCCCCCCCCCCCCCCCCCCCC(=O)OCC(O)CO)ccc1O. The lowest BCUT2D eigenvalue weighted by molar-refractivity contribution is -0.147. The van der Waals surface area contributed by atoms with Gasteiger partial charge in [0.25, 0.3) is 0 Å². The first-order valence-corrected chi connectivity index (χ1v) is 17.5. The first-order chi connectivity index (χ1) is 21.5. The number of phenolic OH excluding ortho intramolecular Hbond substituents is 1. The van der Waals surface area contributed by atoms with Crippen LogP contribution in [0.5, 0.6) is 11.5 Å². The second kappa shape index (κ2) is 28.1. The van der Waals surface area contributed by atoms with E-state index in [1.54, 1.807) is 30.4 Å². The van der Waals surface area contributed by atoms with Crippen LogP contribution < -0.4 is 4.74 Å². The van der Waals surface area contributed by atoms with E-state index in [9.17, 15) is 14.7 Å². The number of unbranched alkanes of at least 4 members (excludes halogenated alkanes) is 20. The molecular formula is C37H62O7. The number of aromatic hydroxyl groups is 1. The predicted molar refractivity (Wildman–Crippen MR) is 179 cm³/mol. The number of phenols is 1. The highest BCUT2D eigenvalue weighted by Gasteiger charge is 2.07. The van der Waals surface area contributed by atoms with Crippen LogP contribution in [-0.2, 0) is 14.3 Å². The van der Waals surface area contributed by atoms with Gasteiger partial charge in [0, 0.05) is 12.8 Å². The number of ketones is 1. The molecule has 0 spiro atoms. The Morgan fingerprint density at radius 2 is 1.14 bits per heavy atom. The number of ether oxygens (including phenoxy) is 2. The third-order valence-electron chi connectivity index (χ3n) is 8.12. The average Bonchev–Trinajstić information content (AvgIpc) is 3.03. The van der Waals surface area contributed by atoms with E-state index >= 15 is 0 Å². The van der Waals surface area contributed by atoms with E-state index in [-0.39, 0.29) is 30.7 Å². The quantitative estimate of drug-likeness (QED) is 0.0448. The molecule has 0 aromatic heterocycles. The summed E-state index contributed by atoms with van der Waals surface area (Å²) in [6.07, 6.45) is 29.7. The van der Waals surface area contributed by atoms with Gasteiger partial charge >= 0.3 is 5.97 Å². The summed E-state index contributed by atoms with van der Waals surface area (Å²) in [5.74, 6) is 0.370. The molecule has 1 atom stereocenters. The zero-order valence-electron chi connectivity index (χ0n) is 27.6. The number of aliphatic hydroxyl groups is 2. The van der Waals surface area contributed by atoms with E-state index in [1.807, 2.05) is 0 Å². The molecule has 0 aliphatic heterocycles. The van der Waals surface area contributed by atoms with E-state index in [0.29, 0.717) is 18.6 Å². The monoisotopic (exact) mass is 618 g/mol. The van der Waals surface area contributed by atoms with E-state index in [2.05, 4.69) is 0 Å². The summed E-state index contributed by atoms with van der Waals surface area (Å²) < 4.78 is 10.0. The van der Waals surface area contributed by atoms with E-state index in [0.717, 1.165) is 37.7 Å². The summed E-state index contributed by atoms with van der Waals surface area (Å²) in [6.45, 7) is -0.501. The van der Waals surface area contributed by atoms with Crippen LogP contribution in [0, 0.1) is 0 Å². The first kappa shape index (κ1) is 39.6. The zero-order chi connectivity index (χ0) is 32.1. The Bertz CT molecular complexity index is 883. The van der Waals surface area contributed by atoms with Gasteiger partial charge in [-0.15, -0.1) is 0 Å². The number of esters is 1. The molecule has 1 unspecified atom stereocenters. The van der Waals surface area contributed by atoms with Crippen molar-refractivity contribution >= 4 is 17.8 Å². The van der Waals surface area contributed by atoms with Crippen LogP contribution in [0.4, 0.5) is 0 Å². The third-order valence-corrected chi connectivity index (χ3v) is 8.12. The lowest BCUT2D eigenvalue weighted by Gasteiger charge is -2.08. The molecule has 7 heteroatoms. The second-order valence-electron chi connectivity index (χ2n) is 12.2. The normalized spacial score (nSPS) is 12.1. The molecule has 0 fully saturated rings. The van der Waals surface area contributed by atoms with Gasteiger partial charge < -0.3 is 24.8 Å². The van der Waals surface area contributed by atoms with Crippen LogP contribution in [0.1, 0.15) is 153 Å². The fourth-order valence-electron chi connectivity index (χ4n) is 5.31. The number of carbonyl (C=O) groups is 2. The molecule has 7 nitrogen and oxygen atoms in total. The minimum Gasteiger partial charge on any atom is -0.504 e.